The molecule has 0 bridgehead atoms. The lowest BCUT2D eigenvalue weighted by Crippen LogP contribution is -1.88. The maximum Gasteiger partial charge on any atom is 0.151 e. The number of benzene rings is 1. The van der Waals surface area contributed by atoms with Crippen LogP contribution in [0.4, 0.5) is 0 Å². The number of hydrogen-bond acceptors (Lipinski definition) is 3. The molecule has 0 radical (unpaired) electrons. The van der Waals surface area contributed by atoms with Crippen LogP contribution in [0.3, 0.4) is 0 Å². The molecule has 2 rings (SSSR count). The molecule has 0 aliphatic carbocycles. The molecule has 86 valence electrons. The predicted molar refractivity (Wildman–Crippen MR) is 66.2 cm³/mol. The zero-order chi connectivity index (χ0) is 12.3. The summed E-state index contributed by atoms with van der Waals surface area (Å²) in [5.74, 6) is 0.945. The highest BCUT2D eigenvalue weighted by atomic mass is 35.5. The van der Waals surface area contributed by atoms with Gasteiger partial charge in [-0.25, -0.2) is 0 Å². The highest BCUT2D eigenvalue weighted by Gasteiger charge is 2.02. The quantitative estimate of drug-likeness (QED) is 0.790. The summed E-state index contributed by atoms with van der Waals surface area (Å²) in [5, 5.41) is 0.957. The molecular formula is C12H7Cl2NO2. The first-order chi connectivity index (χ1) is 8.17. The summed E-state index contributed by atoms with van der Waals surface area (Å²) < 4.78 is 5.49. The van der Waals surface area contributed by atoms with Crippen molar-refractivity contribution in [2.75, 3.05) is 0 Å². The first-order valence-corrected chi connectivity index (χ1v) is 5.47. The van der Waals surface area contributed by atoms with Crippen molar-refractivity contribution in [3.8, 4) is 11.5 Å². The van der Waals surface area contributed by atoms with E-state index in [1.807, 2.05) is 0 Å². The van der Waals surface area contributed by atoms with Crippen molar-refractivity contribution in [3.05, 3.63) is 52.3 Å². The van der Waals surface area contributed by atoms with Crippen molar-refractivity contribution < 1.29 is 9.53 Å². The van der Waals surface area contributed by atoms with Crippen LogP contribution in [0.2, 0.25) is 10.0 Å². The topological polar surface area (TPSA) is 39.2 Å². The zero-order valence-corrected chi connectivity index (χ0v) is 10.1. The Balaban J connectivity index is 2.27. The van der Waals surface area contributed by atoms with Gasteiger partial charge in [-0.3, -0.25) is 9.78 Å². The summed E-state index contributed by atoms with van der Waals surface area (Å²) in [6.45, 7) is 0. The molecule has 0 amide bonds. The number of aldehydes is 1. The Kier molecular flexibility index (Phi) is 3.61. The molecule has 3 nitrogen and oxygen atoms in total. The van der Waals surface area contributed by atoms with Crippen LogP contribution in [0, 0.1) is 0 Å². The van der Waals surface area contributed by atoms with Crippen LogP contribution < -0.4 is 4.74 Å². The van der Waals surface area contributed by atoms with E-state index in [0.29, 0.717) is 33.4 Å². The third-order valence-corrected chi connectivity index (χ3v) is 2.38. The molecule has 0 aliphatic heterocycles. The third-order valence-electron chi connectivity index (χ3n) is 1.94. The van der Waals surface area contributed by atoms with E-state index in [2.05, 4.69) is 4.98 Å². The number of hydrogen-bond donors (Lipinski definition) is 0. The van der Waals surface area contributed by atoms with E-state index in [4.69, 9.17) is 27.9 Å². The molecule has 0 fully saturated rings. The van der Waals surface area contributed by atoms with Crippen molar-refractivity contribution >= 4 is 29.5 Å². The number of nitrogens with zero attached hydrogens (tertiary/aromatic N) is 1. The first kappa shape index (κ1) is 11.9. The van der Waals surface area contributed by atoms with Crippen LogP contribution >= 0.6 is 23.2 Å². The second kappa shape index (κ2) is 5.17. The first-order valence-electron chi connectivity index (χ1n) is 4.71. The number of carbonyl (C=O) groups is 1. The summed E-state index contributed by atoms with van der Waals surface area (Å²) in [6, 6.07) is 6.44. The van der Waals surface area contributed by atoms with Crippen molar-refractivity contribution in [3.63, 3.8) is 0 Å². The SMILES string of the molecule is O=Cc1cncc(Oc2cc(Cl)cc(Cl)c2)c1. The van der Waals surface area contributed by atoms with Crippen molar-refractivity contribution in [1.29, 1.82) is 0 Å². The van der Waals surface area contributed by atoms with Gasteiger partial charge in [-0.1, -0.05) is 23.2 Å². The molecular weight excluding hydrogens is 261 g/mol. The number of carbonyl (C=O) groups excluding carboxylic acids is 1. The Bertz CT molecular complexity index is 538. The monoisotopic (exact) mass is 267 g/mol. The van der Waals surface area contributed by atoms with Gasteiger partial charge in [0.2, 0.25) is 0 Å². The van der Waals surface area contributed by atoms with Gasteiger partial charge in [0.25, 0.3) is 0 Å². The number of halogens is 2. The maximum atomic E-state index is 10.6. The molecule has 1 aromatic heterocycles. The van der Waals surface area contributed by atoms with Crippen LogP contribution in [-0.4, -0.2) is 11.3 Å². The van der Waals surface area contributed by atoms with Gasteiger partial charge in [0, 0.05) is 21.8 Å². The Hall–Kier alpha value is -1.58. The Morgan fingerprint density at radius 2 is 1.71 bits per heavy atom. The molecule has 0 N–H and O–H groups in total. The zero-order valence-electron chi connectivity index (χ0n) is 8.56. The van der Waals surface area contributed by atoms with Gasteiger partial charge in [0.15, 0.2) is 6.29 Å². The van der Waals surface area contributed by atoms with E-state index in [1.165, 1.54) is 12.4 Å². The highest BCUT2D eigenvalue weighted by molar-refractivity contribution is 6.34. The van der Waals surface area contributed by atoms with Gasteiger partial charge >= 0.3 is 0 Å². The van der Waals surface area contributed by atoms with E-state index in [-0.39, 0.29) is 0 Å². The van der Waals surface area contributed by atoms with Gasteiger partial charge in [0.1, 0.15) is 11.5 Å². The summed E-state index contributed by atoms with van der Waals surface area (Å²) in [7, 11) is 0. The summed E-state index contributed by atoms with van der Waals surface area (Å²) in [4.78, 5) is 14.5. The minimum absolute atomic E-state index is 0.440. The van der Waals surface area contributed by atoms with E-state index in [9.17, 15) is 4.79 Å². The van der Waals surface area contributed by atoms with Crippen molar-refractivity contribution in [2.24, 2.45) is 0 Å². The van der Waals surface area contributed by atoms with Gasteiger partial charge in [0.05, 0.1) is 6.20 Å². The Morgan fingerprint density at radius 1 is 1.00 bits per heavy atom. The predicted octanol–water partition coefficient (Wildman–Crippen LogP) is 3.99. The molecule has 0 saturated heterocycles. The molecule has 1 aromatic carbocycles. The second-order valence-electron chi connectivity index (χ2n) is 3.28. The van der Waals surface area contributed by atoms with Gasteiger partial charge in [-0.05, 0) is 24.3 Å². The molecule has 0 saturated carbocycles. The lowest BCUT2D eigenvalue weighted by molar-refractivity contribution is 0.112. The van der Waals surface area contributed by atoms with Crippen molar-refractivity contribution in [1.82, 2.24) is 4.98 Å². The molecule has 5 heteroatoms. The Morgan fingerprint density at radius 3 is 2.35 bits per heavy atom. The minimum atomic E-state index is 0.440. The summed E-state index contributed by atoms with van der Waals surface area (Å²) in [6.07, 6.45) is 3.65. The Labute approximate surface area is 108 Å². The second-order valence-corrected chi connectivity index (χ2v) is 4.15. The number of aromatic nitrogens is 1. The summed E-state index contributed by atoms with van der Waals surface area (Å²) >= 11 is 11.7. The van der Waals surface area contributed by atoms with Crippen LogP contribution in [0.15, 0.2) is 36.7 Å². The van der Waals surface area contributed by atoms with Crippen LogP contribution in [0.1, 0.15) is 10.4 Å². The van der Waals surface area contributed by atoms with E-state index >= 15 is 0 Å². The average Bonchev–Trinajstić information content (AvgIpc) is 2.28. The van der Waals surface area contributed by atoms with E-state index in [0.717, 1.165) is 0 Å². The normalized spacial score (nSPS) is 10.0. The van der Waals surface area contributed by atoms with E-state index < -0.39 is 0 Å². The maximum absolute atomic E-state index is 10.6. The van der Waals surface area contributed by atoms with Crippen LogP contribution in [-0.2, 0) is 0 Å². The molecule has 1 heterocycles. The number of ether oxygens (including phenoxy) is 1. The van der Waals surface area contributed by atoms with Crippen molar-refractivity contribution in [2.45, 2.75) is 0 Å². The lowest BCUT2D eigenvalue weighted by Gasteiger charge is -2.06. The molecule has 0 aliphatic rings. The number of rotatable bonds is 3. The summed E-state index contributed by atoms with van der Waals surface area (Å²) in [5.41, 5.74) is 0.440. The fourth-order valence-corrected chi connectivity index (χ4v) is 1.79. The van der Waals surface area contributed by atoms with E-state index in [1.54, 1.807) is 24.3 Å². The molecule has 2 aromatic rings. The highest BCUT2D eigenvalue weighted by Crippen LogP contribution is 2.28. The minimum Gasteiger partial charge on any atom is -0.456 e. The fourth-order valence-electron chi connectivity index (χ4n) is 1.28. The molecule has 0 unspecified atom stereocenters. The number of pyridine rings is 1. The average molecular weight is 268 g/mol. The smallest absolute Gasteiger partial charge is 0.151 e. The lowest BCUT2D eigenvalue weighted by atomic mass is 10.3. The molecule has 17 heavy (non-hydrogen) atoms. The van der Waals surface area contributed by atoms with Gasteiger partial charge in [-0.2, -0.15) is 0 Å². The van der Waals surface area contributed by atoms with Gasteiger partial charge in [-0.15, -0.1) is 0 Å². The standard InChI is InChI=1S/C12H7Cl2NO2/c13-9-2-10(14)4-11(3-9)17-12-1-8(7-16)5-15-6-12/h1-7H. The largest absolute Gasteiger partial charge is 0.456 e. The molecule has 0 spiro atoms. The van der Waals surface area contributed by atoms with Crippen LogP contribution in [0.25, 0.3) is 0 Å². The van der Waals surface area contributed by atoms with Crippen LogP contribution in [0.5, 0.6) is 11.5 Å². The molecule has 0 atom stereocenters. The van der Waals surface area contributed by atoms with Gasteiger partial charge < -0.3 is 4.74 Å². The third kappa shape index (κ3) is 3.19. The fraction of sp³-hybridized carbons (Fsp3) is 0.